The zero-order chi connectivity index (χ0) is 24.8. The van der Waals surface area contributed by atoms with E-state index in [0.717, 1.165) is 75.6 Å². The van der Waals surface area contributed by atoms with Gasteiger partial charge in [0.15, 0.2) is 17.5 Å². The summed E-state index contributed by atoms with van der Waals surface area (Å²) >= 11 is 0. The van der Waals surface area contributed by atoms with Gasteiger partial charge in [0.25, 0.3) is 0 Å². The number of hydrogen-bond donors (Lipinski definition) is 0. The SMILES string of the molecule is c1ccc(-c2nc(-c3ccccc3)nc(-c3ccc(C45CC6CC7C8CC(CC74)CC5C8C6)cc3)n2)cc1. The van der Waals surface area contributed by atoms with E-state index in [1.165, 1.54) is 32.1 Å². The van der Waals surface area contributed by atoms with Crippen molar-refractivity contribution in [2.24, 2.45) is 41.4 Å². The lowest BCUT2D eigenvalue weighted by atomic mass is 9.30. The van der Waals surface area contributed by atoms with Crippen LogP contribution in [0.1, 0.15) is 44.1 Å². The summed E-state index contributed by atoms with van der Waals surface area (Å²) in [5.41, 5.74) is 5.18. The molecular formula is C35H33N3. The summed E-state index contributed by atoms with van der Waals surface area (Å²) in [5, 5.41) is 0. The third kappa shape index (κ3) is 2.93. The van der Waals surface area contributed by atoms with Gasteiger partial charge in [0.1, 0.15) is 0 Å². The molecule has 1 heterocycles. The Morgan fingerprint density at radius 3 is 1.47 bits per heavy atom. The lowest BCUT2D eigenvalue weighted by Crippen LogP contribution is -2.69. The molecule has 7 aliphatic carbocycles. The summed E-state index contributed by atoms with van der Waals surface area (Å²) in [4.78, 5) is 14.8. The monoisotopic (exact) mass is 495 g/mol. The van der Waals surface area contributed by atoms with Gasteiger partial charge in [0.2, 0.25) is 0 Å². The maximum atomic E-state index is 4.97. The van der Waals surface area contributed by atoms with Crippen molar-refractivity contribution < 1.29 is 0 Å². The molecule has 3 nitrogen and oxygen atoms in total. The van der Waals surface area contributed by atoms with Gasteiger partial charge in [-0.05, 0) is 85.5 Å². The molecule has 3 heteroatoms. The molecule has 3 aromatic carbocycles. The van der Waals surface area contributed by atoms with Crippen LogP contribution in [0.5, 0.6) is 0 Å². The van der Waals surface area contributed by atoms with Crippen molar-refractivity contribution in [1.82, 2.24) is 15.0 Å². The summed E-state index contributed by atoms with van der Waals surface area (Å²) in [6, 6.07) is 30.1. The minimum atomic E-state index is 0.436. The topological polar surface area (TPSA) is 38.7 Å². The van der Waals surface area contributed by atoms with Gasteiger partial charge in [-0.1, -0.05) is 84.9 Å². The van der Waals surface area contributed by atoms with Gasteiger partial charge in [-0.15, -0.1) is 0 Å². The lowest BCUT2D eigenvalue weighted by Gasteiger charge is -2.74. The first-order valence-electron chi connectivity index (χ1n) is 14.7. The van der Waals surface area contributed by atoms with E-state index in [0.29, 0.717) is 5.41 Å². The summed E-state index contributed by atoms with van der Waals surface area (Å²) in [5.74, 6) is 9.12. The highest BCUT2D eigenvalue weighted by Gasteiger charge is 2.70. The minimum Gasteiger partial charge on any atom is -0.208 e. The largest absolute Gasteiger partial charge is 0.208 e. The van der Waals surface area contributed by atoms with Crippen LogP contribution in [0, 0.1) is 41.4 Å². The van der Waals surface area contributed by atoms with Crippen molar-refractivity contribution in [2.75, 3.05) is 0 Å². The van der Waals surface area contributed by atoms with E-state index in [-0.39, 0.29) is 0 Å². The highest BCUT2D eigenvalue weighted by atomic mass is 15.0. The second-order valence-corrected chi connectivity index (χ2v) is 13.0. The Balaban J connectivity index is 1.13. The fourth-order valence-corrected chi connectivity index (χ4v) is 10.4. The second-order valence-electron chi connectivity index (χ2n) is 13.0. The Morgan fingerprint density at radius 1 is 0.474 bits per heavy atom. The van der Waals surface area contributed by atoms with Gasteiger partial charge in [0, 0.05) is 22.1 Å². The molecule has 7 fully saturated rings. The standard InChI is InChI=1S/C35H33N3/c1-3-7-23(8-4-1)32-36-33(24-9-5-2-6-10-24)38-34(37-32)25-11-13-26(14-12-25)35-20-22-16-28-27-15-21(18-30(28)35)19-31(35)29(27)17-22/h1-14,21-22,27-31H,15-20H2. The van der Waals surface area contributed by atoms with Crippen LogP contribution in [0.2, 0.25) is 0 Å². The van der Waals surface area contributed by atoms with Crippen molar-refractivity contribution in [1.29, 1.82) is 0 Å². The number of rotatable bonds is 4. The van der Waals surface area contributed by atoms with Crippen molar-refractivity contribution in [3.8, 4) is 34.2 Å². The first-order valence-corrected chi connectivity index (χ1v) is 14.7. The molecule has 1 aromatic heterocycles. The lowest BCUT2D eigenvalue weighted by molar-refractivity contribution is -0.220. The van der Waals surface area contributed by atoms with Crippen LogP contribution in [0.15, 0.2) is 84.9 Å². The van der Waals surface area contributed by atoms with Gasteiger partial charge in [-0.25, -0.2) is 15.0 Å². The van der Waals surface area contributed by atoms with Crippen LogP contribution < -0.4 is 0 Å². The van der Waals surface area contributed by atoms with Crippen LogP contribution in [-0.2, 0) is 5.41 Å². The normalized spacial score (nSPS) is 35.6. The molecule has 8 bridgehead atoms. The van der Waals surface area contributed by atoms with E-state index in [1.807, 2.05) is 36.4 Å². The van der Waals surface area contributed by atoms with Gasteiger partial charge >= 0.3 is 0 Å². The van der Waals surface area contributed by atoms with E-state index >= 15 is 0 Å². The van der Waals surface area contributed by atoms with Crippen LogP contribution in [0.3, 0.4) is 0 Å². The van der Waals surface area contributed by atoms with E-state index < -0.39 is 0 Å². The predicted molar refractivity (Wildman–Crippen MR) is 150 cm³/mol. The molecular weight excluding hydrogens is 462 g/mol. The third-order valence-electron chi connectivity index (χ3n) is 11.5. The first kappa shape index (κ1) is 21.6. The Morgan fingerprint density at radius 2 is 0.947 bits per heavy atom. The van der Waals surface area contributed by atoms with Gasteiger partial charge in [-0.2, -0.15) is 0 Å². The first-order chi connectivity index (χ1) is 18.8. The van der Waals surface area contributed by atoms with Crippen LogP contribution in [0.25, 0.3) is 34.2 Å². The number of benzene rings is 3. The molecule has 11 rings (SSSR count). The third-order valence-corrected chi connectivity index (χ3v) is 11.5. The highest BCUT2D eigenvalue weighted by Crippen LogP contribution is 2.76. The average molecular weight is 496 g/mol. The van der Waals surface area contributed by atoms with Gasteiger partial charge in [0.05, 0.1) is 0 Å². The average Bonchev–Trinajstić information content (AvgIpc) is 3.00. The Hall–Kier alpha value is -3.33. The molecule has 4 unspecified atom stereocenters. The Bertz CT molecular complexity index is 1430. The van der Waals surface area contributed by atoms with E-state index in [1.54, 1.807) is 12.0 Å². The van der Waals surface area contributed by atoms with Crippen molar-refractivity contribution in [2.45, 2.75) is 43.9 Å². The number of nitrogens with zero attached hydrogens (tertiary/aromatic N) is 3. The number of aromatic nitrogens is 3. The number of hydrogen-bond acceptors (Lipinski definition) is 3. The molecule has 188 valence electrons. The zero-order valence-corrected chi connectivity index (χ0v) is 21.7. The van der Waals surface area contributed by atoms with Gasteiger partial charge in [-0.3, -0.25) is 0 Å². The maximum Gasteiger partial charge on any atom is 0.164 e. The quantitative estimate of drug-likeness (QED) is 0.289. The van der Waals surface area contributed by atoms with E-state index in [2.05, 4.69) is 48.5 Å². The van der Waals surface area contributed by atoms with Crippen LogP contribution in [-0.4, -0.2) is 15.0 Å². The minimum absolute atomic E-state index is 0.436. The molecule has 0 N–H and O–H groups in total. The fraction of sp³-hybridized carbons (Fsp3) is 0.400. The van der Waals surface area contributed by atoms with Crippen molar-refractivity contribution in [3.05, 3.63) is 90.5 Å². The smallest absolute Gasteiger partial charge is 0.164 e. The van der Waals surface area contributed by atoms with E-state index in [9.17, 15) is 0 Å². The maximum absolute atomic E-state index is 4.97. The van der Waals surface area contributed by atoms with E-state index in [4.69, 9.17) is 15.0 Å². The summed E-state index contributed by atoms with van der Waals surface area (Å²) in [6.07, 6.45) is 9.04. The predicted octanol–water partition coefficient (Wildman–Crippen LogP) is 7.83. The zero-order valence-electron chi connectivity index (χ0n) is 21.7. The summed E-state index contributed by atoms with van der Waals surface area (Å²) in [6.45, 7) is 0. The Labute approximate surface area is 224 Å². The molecule has 7 aliphatic rings. The Kier molecular flexibility index (Phi) is 4.46. The molecule has 0 aliphatic heterocycles. The molecule has 4 aromatic rings. The summed E-state index contributed by atoms with van der Waals surface area (Å²) in [7, 11) is 0. The molecule has 0 radical (unpaired) electrons. The summed E-state index contributed by atoms with van der Waals surface area (Å²) < 4.78 is 0. The highest BCUT2D eigenvalue weighted by molar-refractivity contribution is 5.66. The molecule has 38 heavy (non-hydrogen) atoms. The molecule has 0 amide bonds. The molecule has 0 spiro atoms. The van der Waals surface area contributed by atoms with Crippen LogP contribution >= 0.6 is 0 Å². The second kappa shape index (κ2) is 7.85. The van der Waals surface area contributed by atoms with Crippen LogP contribution in [0.4, 0.5) is 0 Å². The van der Waals surface area contributed by atoms with Crippen molar-refractivity contribution >= 4 is 0 Å². The molecule has 7 saturated carbocycles. The molecule has 0 saturated heterocycles. The molecule has 4 atom stereocenters. The van der Waals surface area contributed by atoms with Crippen molar-refractivity contribution in [3.63, 3.8) is 0 Å². The fourth-order valence-electron chi connectivity index (χ4n) is 10.4. The van der Waals surface area contributed by atoms with Gasteiger partial charge < -0.3 is 0 Å².